The molecule has 1 unspecified atom stereocenters. The minimum Gasteiger partial charge on any atom is -0.315 e. The Morgan fingerprint density at radius 3 is 2.71 bits per heavy atom. The molecule has 0 aromatic heterocycles. The Balaban J connectivity index is 3.14. The highest BCUT2D eigenvalue weighted by Gasteiger charge is 1.82. The van der Waals surface area contributed by atoms with Gasteiger partial charge in [0.1, 0.15) is 0 Å². The van der Waals surface area contributed by atoms with Gasteiger partial charge in [-0.15, -0.1) is 0 Å². The van der Waals surface area contributed by atoms with Gasteiger partial charge in [-0.3, -0.25) is 0 Å². The van der Waals surface area contributed by atoms with Crippen molar-refractivity contribution in [2.75, 3.05) is 0 Å². The zero-order valence-electron chi connectivity index (χ0n) is 3.92. The van der Waals surface area contributed by atoms with Crippen molar-refractivity contribution in [1.29, 1.82) is 0 Å². The summed E-state index contributed by atoms with van der Waals surface area (Å²) in [6, 6.07) is 0. The van der Waals surface area contributed by atoms with Crippen LogP contribution >= 0.6 is 9.24 Å². The van der Waals surface area contributed by atoms with E-state index in [1.54, 1.807) is 6.92 Å². The number of nitrogens with zero attached hydrogens (tertiary/aromatic N) is 1. The Hall–Kier alpha value is -0.430. The highest BCUT2D eigenvalue weighted by atomic mass is 31.0. The fraction of sp³-hybridized carbons (Fsp3) is 0.333. The first-order chi connectivity index (χ1) is 3.27. The summed E-state index contributed by atoms with van der Waals surface area (Å²) in [4.78, 5) is 13.9. The van der Waals surface area contributed by atoms with Gasteiger partial charge in [0.2, 0.25) is 0 Å². The van der Waals surface area contributed by atoms with E-state index in [1.807, 2.05) is 9.24 Å². The van der Waals surface area contributed by atoms with E-state index in [0.717, 1.165) is 0 Å². The summed E-state index contributed by atoms with van der Waals surface area (Å²) in [5, 5.41) is 3.18. The lowest BCUT2D eigenvalue weighted by Crippen LogP contribution is -1.81. The lowest BCUT2D eigenvalue weighted by atomic mass is 10.9. The van der Waals surface area contributed by atoms with E-state index in [1.165, 1.54) is 6.21 Å². The first-order valence-corrected chi connectivity index (χ1v) is 2.29. The smallest absolute Gasteiger partial charge is 0.315 e. The molecule has 40 valence electrons. The predicted molar refractivity (Wildman–Crippen MR) is 30.4 cm³/mol. The van der Waals surface area contributed by atoms with Gasteiger partial charge in [-0.2, -0.15) is 0 Å². The molecule has 0 aliphatic carbocycles. The number of carbonyl (C=O) groups is 1. The van der Waals surface area contributed by atoms with Gasteiger partial charge in [0.15, 0.2) is 0 Å². The second-order valence-electron chi connectivity index (χ2n) is 0.774. The van der Waals surface area contributed by atoms with Crippen LogP contribution in [-0.2, 0) is 4.84 Å². The maximum atomic E-state index is 9.83. The summed E-state index contributed by atoms with van der Waals surface area (Å²) in [5.41, 5.74) is -0.474. The van der Waals surface area contributed by atoms with Crippen LogP contribution in [0.5, 0.6) is 0 Å². The maximum absolute atomic E-state index is 9.83. The van der Waals surface area contributed by atoms with Gasteiger partial charge in [-0.25, -0.2) is 4.79 Å². The van der Waals surface area contributed by atoms with Gasteiger partial charge in [0.25, 0.3) is 0 Å². The van der Waals surface area contributed by atoms with Gasteiger partial charge < -0.3 is 4.84 Å². The fourth-order valence-corrected chi connectivity index (χ4v) is 0.166. The highest BCUT2D eigenvalue weighted by Crippen LogP contribution is 1.88. The van der Waals surface area contributed by atoms with Crippen LogP contribution in [0.25, 0.3) is 0 Å². The first kappa shape index (κ1) is 6.57. The molecule has 0 aliphatic rings. The highest BCUT2D eigenvalue weighted by molar-refractivity contribution is 7.39. The van der Waals surface area contributed by atoms with E-state index in [-0.39, 0.29) is 0 Å². The third-order valence-corrected chi connectivity index (χ3v) is 0.353. The molecule has 0 radical (unpaired) electrons. The Morgan fingerprint density at radius 1 is 2.00 bits per heavy atom. The fourth-order valence-electron chi connectivity index (χ4n) is 0.105. The molecule has 0 aromatic carbocycles. The standard InChI is InChI=1S/C3H6NO2P/c1-2-4-6-3(5)7/h2H,7H2,1H3/b4-2+. The van der Waals surface area contributed by atoms with Crippen LogP contribution in [0.1, 0.15) is 6.92 Å². The summed E-state index contributed by atoms with van der Waals surface area (Å²) in [6.45, 7) is 1.66. The van der Waals surface area contributed by atoms with Crippen LogP contribution < -0.4 is 0 Å². The monoisotopic (exact) mass is 119 g/mol. The Labute approximate surface area is 43.9 Å². The van der Waals surface area contributed by atoms with Crippen molar-refractivity contribution in [2.24, 2.45) is 5.16 Å². The van der Waals surface area contributed by atoms with Crippen LogP contribution in [0.2, 0.25) is 0 Å². The van der Waals surface area contributed by atoms with Crippen molar-refractivity contribution in [2.45, 2.75) is 6.92 Å². The van der Waals surface area contributed by atoms with Gasteiger partial charge in [-0.05, 0) is 16.2 Å². The van der Waals surface area contributed by atoms with Crippen LogP contribution in [0, 0.1) is 0 Å². The quantitative estimate of drug-likeness (QED) is 0.223. The molecule has 0 saturated heterocycles. The molecule has 7 heavy (non-hydrogen) atoms. The topological polar surface area (TPSA) is 38.7 Å². The van der Waals surface area contributed by atoms with Gasteiger partial charge in [0.05, 0.1) is 0 Å². The summed E-state index contributed by atoms with van der Waals surface area (Å²) in [6.07, 6.45) is 1.39. The number of rotatable bonds is 1. The lowest BCUT2D eigenvalue weighted by molar-refractivity contribution is 0.180. The zero-order chi connectivity index (χ0) is 5.70. The lowest BCUT2D eigenvalue weighted by Gasteiger charge is -1.82. The summed E-state index contributed by atoms with van der Waals surface area (Å²) in [7, 11) is 1.83. The van der Waals surface area contributed by atoms with Gasteiger partial charge in [0, 0.05) is 6.21 Å². The maximum Gasteiger partial charge on any atom is 0.347 e. The average molecular weight is 119 g/mol. The molecule has 0 rings (SSSR count). The SMILES string of the molecule is C/C=N/OC(=O)P. The van der Waals surface area contributed by atoms with Crippen LogP contribution in [-0.4, -0.2) is 11.9 Å². The molecule has 0 aliphatic heterocycles. The zero-order valence-corrected chi connectivity index (χ0v) is 5.07. The second-order valence-corrected chi connectivity index (χ2v) is 1.25. The van der Waals surface area contributed by atoms with Crippen molar-refractivity contribution in [1.82, 2.24) is 0 Å². The van der Waals surface area contributed by atoms with E-state index in [9.17, 15) is 4.79 Å². The van der Waals surface area contributed by atoms with Crippen LogP contribution in [0.15, 0.2) is 5.16 Å². The Bertz CT molecular complexity index is 90.9. The van der Waals surface area contributed by atoms with Crippen molar-refractivity contribution in [3.8, 4) is 0 Å². The van der Waals surface area contributed by atoms with Crippen molar-refractivity contribution in [3.05, 3.63) is 0 Å². The molecule has 0 fully saturated rings. The number of hydrogen-bond acceptors (Lipinski definition) is 3. The first-order valence-electron chi connectivity index (χ1n) is 1.72. The third kappa shape index (κ3) is 5.57. The molecule has 0 N–H and O–H groups in total. The second kappa shape index (κ2) is 3.75. The molecule has 0 amide bonds. The average Bonchev–Trinajstić information content (AvgIpc) is 1.61. The molecular weight excluding hydrogens is 113 g/mol. The van der Waals surface area contributed by atoms with E-state index >= 15 is 0 Å². The van der Waals surface area contributed by atoms with E-state index in [4.69, 9.17) is 0 Å². The van der Waals surface area contributed by atoms with Crippen molar-refractivity contribution >= 4 is 21.2 Å². The third-order valence-electron chi connectivity index (χ3n) is 0.248. The van der Waals surface area contributed by atoms with Gasteiger partial charge in [-0.1, -0.05) is 5.16 Å². The number of oxime groups is 1. The molecule has 0 spiro atoms. The summed E-state index contributed by atoms with van der Waals surface area (Å²) in [5.74, 6) is 0. The molecule has 0 saturated carbocycles. The molecule has 3 nitrogen and oxygen atoms in total. The predicted octanol–water partition coefficient (Wildman–Crippen LogP) is 1.00. The van der Waals surface area contributed by atoms with E-state index in [2.05, 4.69) is 9.99 Å². The normalized spacial score (nSPS) is 9.43. The van der Waals surface area contributed by atoms with Crippen molar-refractivity contribution in [3.63, 3.8) is 0 Å². The van der Waals surface area contributed by atoms with Crippen molar-refractivity contribution < 1.29 is 9.63 Å². The minimum absolute atomic E-state index is 0.474. The molecule has 0 bridgehead atoms. The largest absolute Gasteiger partial charge is 0.347 e. The van der Waals surface area contributed by atoms with E-state index in [0.29, 0.717) is 0 Å². The number of carbonyl (C=O) groups excluding carboxylic acids is 1. The Kier molecular flexibility index (Phi) is 3.52. The van der Waals surface area contributed by atoms with Crippen LogP contribution in [0.4, 0.5) is 4.79 Å². The molecule has 1 atom stereocenters. The van der Waals surface area contributed by atoms with E-state index < -0.39 is 5.71 Å². The summed E-state index contributed by atoms with van der Waals surface area (Å²) >= 11 is 0. The van der Waals surface area contributed by atoms with Gasteiger partial charge >= 0.3 is 5.71 Å². The molecule has 0 heterocycles. The molecule has 4 heteroatoms. The number of hydrogen-bond donors (Lipinski definition) is 0. The Morgan fingerprint density at radius 2 is 2.57 bits per heavy atom. The minimum atomic E-state index is -0.474. The van der Waals surface area contributed by atoms with Crippen LogP contribution in [0.3, 0.4) is 0 Å². The molecule has 0 aromatic rings. The molecular formula is C3H6NO2P. The summed E-state index contributed by atoms with van der Waals surface area (Å²) < 4.78 is 0.